The summed E-state index contributed by atoms with van der Waals surface area (Å²) in [4.78, 5) is 12.3. The molecule has 0 bridgehead atoms. The number of piperidine rings is 1. The standard InChI is InChI=1S/C18H23FN4O/c1-13(11-14-5-2-3-7-16(14)19)21-18(24)17-8-10-23(22-17)15-6-4-9-20-12-15/h2-3,5,7-8,10,13,15,20H,4,6,9,11-12H2,1H3,(H,21,24). The van der Waals surface area contributed by atoms with E-state index in [-0.39, 0.29) is 17.8 Å². The number of hydrogen-bond donors (Lipinski definition) is 2. The van der Waals surface area contributed by atoms with Gasteiger partial charge in [-0.05, 0) is 50.4 Å². The number of rotatable bonds is 5. The van der Waals surface area contributed by atoms with Gasteiger partial charge < -0.3 is 10.6 Å². The number of nitrogens with one attached hydrogen (secondary N) is 2. The summed E-state index contributed by atoms with van der Waals surface area (Å²) in [6, 6.07) is 8.50. The number of benzene rings is 1. The first-order chi connectivity index (χ1) is 11.6. The van der Waals surface area contributed by atoms with Crippen molar-refractivity contribution in [2.75, 3.05) is 13.1 Å². The lowest BCUT2D eigenvalue weighted by atomic mass is 10.1. The maximum absolute atomic E-state index is 13.7. The molecule has 128 valence electrons. The van der Waals surface area contributed by atoms with Crippen LogP contribution in [0.15, 0.2) is 36.5 Å². The second-order valence-corrected chi connectivity index (χ2v) is 6.35. The van der Waals surface area contributed by atoms with Gasteiger partial charge in [-0.25, -0.2) is 4.39 Å². The van der Waals surface area contributed by atoms with Crippen molar-refractivity contribution in [3.8, 4) is 0 Å². The highest BCUT2D eigenvalue weighted by molar-refractivity contribution is 5.92. The lowest BCUT2D eigenvalue weighted by Gasteiger charge is -2.22. The van der Waals surface area contributed by atoms with Gasteiger partial charge in [-0.2, -0.15) is 5.10 Å². The molecule has 6 heteroatoms. The van der Waals surface area contributed by atoms with Crippen molar-refractivity contribution in [1.29, 1.82) is 0 Å². The molecule has 2 N–H and O–H groups in total. The fourth-order valence-electron chi connectivity index (χ4n) is 3.06. The highest BCUT2D eigenvalue weighted by Crippen LogP contribution is 2.16. The van der Waals surface area contributed by atoms with Crippen LogP contribution in [0.4, 0.5) is 4.39 Å². The molecule has 0 spiro atoms. The van der Waals surface area contributed by atoms with Crippen LogP contribution in [0.5, 0.6) is 0 Å². The Bertz CT molecular complexity index is 694. The predicted octanol–water partition coefficient (Wildman–Crippen LogP) is 2.31. The Morgan fingerprint density at radius 2 is 2.29 bits per heavy atom. The minimum absolute atomic E-state index is 0.170. The number of amides is 1. The SMILES string of the molecule is CC(Cc1ccccc1F)NC(=O)c1ccn(C2CCCNC2)n1. The minimum Gasteiger partial charge on any atom is -0.348 e. The monoisotopic (exact) mass is 330 g/mol. The zero-order chi connectivity index (χ0) is 16.9. The summed E-state index contributed by atoms with van der Waals surface area (Å²) in [5.41, 5.74) is 1.00. The van der Waals surface area contributed by atoms with Crippen molar-refractivity contribution < 1.29 is 9.18 Å². The fraction of sp³-hybridized carbons (Fsp3) is 0.444. The van der Waals surface area contributed by atoms with Gasteiger partial charge in [0.25, 0.3) is 5.91 Å². The van der Waals surface area contributed by atoms with Crippen molar-refractivity contribution in [3.05, 3.63) is 53.6 Å². The number of aromatic nitrogens is 2. The summed E-state index contributed by atoms with van der Waals surface area (Å²) in [5.74, 6) is -0.464. The molecule has 2 aromatic rings. The van der Waals surface area contributed by atoms with Crippen LogP contribution in [-0.2, 0) is 6.42 Å². The van der Waals surface area contributed by atoms with E-state index in [1.54, 1.807) is 24.3 Å². The second-order valence-electron chi connectivity index (χ2n) is 6.35. The molecule has 3 rings (SSSR count). The van der Waals surface area contributed by atoms with E-state index < -0.39 is 0 Å². The zero-order valence-corrected chi connectivity index (χ0v) is 13.8. The summed E-state index contributed by atoms with van der Waals surface area (Å²) in [6.45, 7) is 3.79. The normalized spacial score (nSPS) is 19.0. The Morgan fingerprint density at radius 1 is 1.46 bits per heavy atom. The van der Waals surface area contributed by atoms with Gasteiger partial charge in [0.05, 0.1) is 6.04 Å². The van der Waals surface area contributed by atoms with Gasteiger partial charge in [0.2, 0.25) is 0 Å². The van der Waals surface area contributed by atoms with Crippen LogP contribution in [-0.4, -0.2) is 34.8 Å². The van der Waals surface area contributed by atoms with Crippen LogP contribution in [0.1, 0.15) is 41.9 Å². The van der Waals surface area contributed by atoms with E-state index in [1.165, 1.54) is 6.07 Å². The lowest BCUT2D eigenvalue weighted by Crippen LogP contribution is -2.35. The highest BCUT2D eigenvalue weighted by Gasteiger charge is 2.18. The van der Waals surface area contributed by atoms with Crippen molar-refractivity contribution >= 4 is 5.91 Å². The van der Waals surface area contributed by atoms with Gasteiger partial charge in [-0.15, -0.1) is 0 Å². The van der Waals surface area contributed by atoms with Gasteiger partial charge in [-0.1, -0.05) is 18.2 Å². The predicted molar refractivity (Wildman–Crippen MR) is 90.4 cm³/mol. The number of halogens is 1. The molecule has 1 amide bonds. The smallest absolute Gasteiger partial charge is 0.271 e. The topological polar surface area (TPSA) is 59.0 Å². The maximum atomic E-state index is 13.7. The Kier molecular flexibility index (Phi) is 5.25. The van der Waals surface area contributed by atoms with Crippen LogP contribution in [0.2, 0.25) is 0 Å². The Balaban J connectivity index is 1.58. The first kappa shape index (κ1) is 16.6. The molecule has 5 nitrogen and oxygen atoms in total. The summed E-state index contributed by atoms with van der Waals surface area (Å²) in [7, 11) is 0. The number of carbonyl (C=O) groups excluding carboxylic acids is 1. The van der Waals surface area contributed by atoms with E-state index in [0.717, 1.165) is 25.9 Å². The van der Waals surface area contributed by atoms with Crippen LogP contribution in [0, 0.1) is 5.82 Å². The van der Waals surface area contributed by atoms with Gasteiger partial charge in [-0.3, -0.25) is 9.48 Å². The van der Waals surface area contributed by atoms with E-state index in [2.05, 4.69) is 15.7 Å². The first-order valence-corrected chi connectivity index (χ1v) is 8.43. The quantitative estimate of drug-likeness (QED) is 0.884. The molecule has 2 unspecified atom stereocenters. The molecule has 2 atom stereocenters. The van der Waals surface area contributed by atoms with Crippen LogP contribution >= 0.6 is 0 Å². The summed E-state index contributed by atoms with van der Waals surface area (Å²) < 4.78 is 15.5. The van der Waals surface area contributed by atoms with Gasteiger partial charge in [0.1, 0.15) is 11.5 Å². The molecule has 1 saturated heterocycles. The van der Waals surface area contributed by atoms with Gasteiger partial charge in [0.15, 0.2) is 0 Å². The molecular formula is C18H23FN4O. The van der Waals surface area contributed by atoms with Crippen LogP contribution in [0.25, 0.3) is 0 Å². The number of carbonyl (C=O) groups is 1. The van der Waals surface area contributed by atoms with E-state index >= 15 is 0 Å². The van der Waals surface area contributed by atoms with Gasteiger partial charge in [0, 0.05) is 18.8 Å². The Hall–Kier alpha value is -2.21. The first-order valence-electron chi connectivity index (χ1n) is 8.43. The summed E-state index contributed by atoms with van der Waals surface area (Å²) >= 11 is 0. The van der Waals surface area contributed by atoms with Crippen molar-refractivity contribution in [2.24, 2.45) is 0 Å². The number of nitrogens with zero attached hydrogens (tertiary/aromatic N) is 2. The molecule has 0 saturated carbocycles. The molecule has 1 fully saturated rings. The van der Waals surface area contributed by atoms with E-state index in [0.29, 0.717) is 23.7 Å². The highest BCUT2D eigenvalue weighted by atomic mass is 19.1. The lowest BCUT2D eigenvalue weighted by molar-refractivity contribution is 0.0933. The third-order valence-electron chi connectivity index (χ3n) is 4.35. The van der Waals surface area contributed by atoms with Gasteiger partial charge >= 0.3 is 0 Å². The average molecular weight is 330 g/mol. The van der Waals surface area contributed by atoms with Crippen LogP contribution < -0.4 is 10.6 Å². The third kappa shape index (κ3) is 4.00. The minimum atomic E-state index is -0.243. The summed E-state index contributed by atoms with van der Waals surface area (Å²) in [6.07, 6.45) is 4.49. The van der Waals surface area contributed by atoms with E-state index in [1.807, 2.05) is 17.8 Å². The number of hydrogen-bond acceptors (Lipinski definition) is 3. The van der Waals surface area contributed by atoms with E-state index in [4.69, 9.17) is 0 Å². The Morgan fingerprint density at radius 3 is 3.04 bits per heavy atom. The van der Waals surface area contributed by atoms with Crippen molar-refractivity contribution in [3.63, 3.8) is 0 Å². The maximum Gasteiger partial charge on any atom is 0.271 e. The fourth-order valence-corrected chi connectivity index (χ4v) is 3.06. The second kappa shape index (κ2) is 7.57. The molecule has 1 aliphatic heterocycles. The van der Waals surface area contributed by atoms with Crippen LogP contribution in [0.3, 0.4) is 0 Å². The molecule has 1 aromatic carbocycles. The zero-order valence-electron chi connectivity index (χ0n) is 13.8. The molecule has 1 aromatic heterocycles. The molecule has 24 heavy (non-hydrogen) atoms. The molecule has 0 aliphatic carbocycles. The van der Waals surface area contributed by atoms with Crippen molar-refractivity contribution in [1.82, 2.24) is 20.4 Å². The third-order valence-corrected chi connectivity index (χ3v) is 4.35. The summed E-state index contributed by atoms with van der Waals surface area (Å²) in [5, 5.41) is 10.6. The molecule has 2 heterocycles. The van der Waals surface area contributed by atoms with E-state index in [9.17, 15) is 9.18 Å². The molecule has 1 aliphatic rings. The van der Waals surface area contributed by atoms with Crippen molar-refractivity contribution in [2.45, 2.75) is 38.3 Å². The molecular weight excluding hydrogens is 307 g/mol. The average Bonchev–Trinajstić information content (AvgIpc) is 3.08. The Labute approximate surface area is 141 Å². The molecule has 0 radical (unpaired) electrons. The largest absolute Gasteiger partial charge is 0.348 e.